The summed E-state index contributed by atoms with van der Waals surface area (Å²) in [6.07, 6.45) is 4.07. The first kappa shape index (κ1) is 25.9. The smallest absolute Gasteiger partial charge is 0.409 e. The van der Waals surface area contributed by atoms with Gasteiger partial charge in [0, 0.05) is 37.1 Å². The van der Waals surface area contributed by atoms with Gasteiger partial charge < -0.3 is 29.6 Å². The van der Waals surface area contributed by atoms with Gasteiger partial charge in [-0.2, -0.15) is 4.98 Å². The number of Topliss-reactive ketones (excluding diaryl/α,β-unsaturated/α-hetero) is 1. The Labute approximate surface area is 224 Å². The molecule has 0 saturated carbocycles. The van der Waals surface area contributed by atoms with Crippen LogP contribution in [0.3, 0.4) is 0 Å². The van der Waals surface area contributed by atoms with Crippen LogP contribution in [0, 0.1) is 6.92 Å². The van der Waals surface area contributed by atoms with Crippen LogP contribution in [-0.2, 0) is 16.0 Å². The summed E-state index contributed by atoms with van der Waals surface area (Å²) in [7, 11) is 0. The summed E-state index contributed by atoms with van der Waals surface area (Å²) in [5.74, 6) is 0.503. The molecule has 1 saturated heterocycles. The molecule has 0 radical (unpaired) electrons. The van der Waals surface area contributed by atoms with E-state index in [2.05, 4.69) is 25.8 Å². The van der Waals surface area contributed by atoms with Gasteiger partial charge in [-0.3, -0.25) is 9.20 Å². The number of ether oxygens (including phenoxy) is 1. The number of amides is 2. The second kappa shape index (κ2) is 10.9. The quantitative estimate of drug-likeness (QED) is 0.326. The van der Waals surface area contributed by atoms with Gasteiger partial charge >= 0.3 is 6.09 Å². The highest BCUT2D eigenvalue weighted by molar-refractivity contribution is 6.04. The van der Waals surface area contributed by atoms with Crippen molar-refractivity contribution in [3.05, 3.63) is 65.4 Å². The van der Waals surface area contributed by atoms with E-state index in [4.69, 9.17) is 9.26 Å². The van der Waals surface area contributed by atoms with Gasteiger partial charge in [-0.25, -0.2) is 9.78 Å². The lowest BCUT2D eigenvalue weighted by Gasteiger charge is -2.35. The number of hydrogen-bond acceptors (Lipinski definition) is 9. The molecule has 0 bridgehead atoms. The fraction of sp³-hybridized carbons (Fsp3) is 0.333. The van der Waals surface area contributed by atoms with Crippen LogP contribution in [0.5, 0.6) is 0 Å². The van der Waals surface area contributed by atoms with E-state index in [1.807, 2.05) is 31.2 Å². The van der Waals surface area contributed by atoms with Crippen molar-refractivity contribution >= 4 is 40.8 Å². The minimum atomic E-state index is -0.348. The fourth-order valence-electron chi connectivity index (χ4n) is 4.27. The number of imidazole rings is 1. The molecule has 39 heavy (non-hydrogen) atoms. The number of carbonyl (C=O) groups is 3. The van der Waals surface area contributed by atoms with E-state index in [1.165, 1.54) is 6.20 Å². The molecule has 4 heterocycles. The molecule has 5 rings (SSSR count). The van der Waals surface area contributed by atoms with Gasteiger partial charge in [-0.15, -0.1) is 0 Å². The van der Waals surface area contributed by atoms with Crippen LogP contribution in [0.15, 0.2) is 47.2 Å². The summed E-state index contributed by atoms with van der Waals surface area (Å²) in [6, 6.07) is 9.29. The standard InChI is InChI=1S/C27H29N7O5/c1-4-38-27(37)33-14-19(15-33)25-31-26(32-39-25)29-20-8-5-16(2)21(12-20)30-24(36)22-13-28-23-11-18(7-6-17(3)35)9-10-34(22)23/h5,8-13,19H,4,6-7,14-15H2,1-3H3,(H,29,32)(H,30,36). The molecule has 0 spiro atoms. The van der Waals surface area contributed by atoms with Gasteiger partial charge in [-0.05, 0) is 67.7 Å². The molecule has 1 fully saturated rings. The topological polar surface area (TPSA) is 144 Å². The maximum absolute atomic E-state index is 13.1. The van der Waals surface area contributed by atoms with Gasteiger partial charge in [0.25, 0.3) is 11.9 Å². The van der Waals surface area contributed by atoms with Crippen molar-refractivity contribution in [2.45, 2.75) is 39.5 Å². The number of likely N-dealkylation sites (tertiary alicyclic amines) is 1. The zero-order chi connectivity index (χ0) is 27.5. The number of hydrogen-bond donors (Lipinski definition) is 2. The SMILES string of the molecule is CCOC(=O)N1CC(c2nc(Nc3ccc(C)c(NC(=O)c4cnc5cc(CCC(C)=O)ccn45)c3)no2)C1. The minimum absolute atomic E-state index is 0.0407. The Morgan fingerprint density at radius 2 is 2.00 bits per heavy atom. The number of ketones is 1. The first-order valence-electron chi connectivity index (χ1n) is 12.7. The summed E-state index contributed by atoms with van der Waals surface area (Å²) in [5, 5.41) is 10.0. The Bertz CT molecular complexity index is 1540. The van der Waals surface area contributed by atoms with Crippen LogP contribution in [0.2, 0.25) is 0 Å². The van der Waals surface area contributed by atoms with Crippen LogP contribution in [0.1, 0.15) is 53.7 Å². The number of pyridine rings is 1. The van der Waals surface area contributed by atoms with E-state index in [-0.39, 0.29) is 29.6 Å². The highest BCUT2D eigenvalue weighted by Gasteiger charge is 2.36. The van der Waals surface area contributed by atoms with Crippen LogP contribution in [-0.4, -0.2) is 61.9 Å². The number of fused-ring (bicyclic) bond motifs is 1. The Kier molecular flexibility index (Phi) is 7.26. The van der Waals surface area contributed by atoms with Crippen molar-refractivity contribution in [1.29, 1.82) is 0 Å². The summed E-state index contributed by atoms with van der Waals surface area (Å²) in [6.45, 7) is 6.49. The van der Waals surface area contributed by atoms with E-state index in [0.717, 1.165) is 11.1 Å². The third-order valence-electron chi connectivity index (χ3n) is 6.52. The van der Waals surface area contributed by atoms with Crippen LogP contribution in [0.25, 0.3) is 5.65 Å². The van der Waals surface area contributed by atoms with Gasteiger partial charge in [0.1, 0.15) is 17.1 Å². The van der Waals surface area contributed by atoms with Crippen molar-refractivity contribution in [2.24, 2.45) is 0 Å². The van der Waals surface area contributed by atoms with E-state index in [0.29, 0.717) is 61.1 Å². The highest BCUT2D eigenvalue weighted by Crippen LogP contribution is 2.28. The molecule has 202 valence electrons. The molecule has 2 amide bonds. The molecule has 12 heteroatoms. The monoisotopic (exact) mass is 531 g/mol. The van der Waals surface area contributed by atoms with Gasteiger partial charge in [0.15, 0.2) is 0 Å². The van der Waals surface area contributed by atoms with Crippen LogP contribution < -0.4 is 10.6 Å². The average Bonchev–Trinajstić information content (AvgIpc) is 3.51. The molecule has 0 unspecified atom stereocenters. The molecule has 1 aliphatic heterocycles. The highest BCUT2D eigenvalue weighted by atomic mass is 16.6. The third-order valence-corrected chi connectivity index (χ3v) is 6.52. The number of aromatic nitrogens is 4. The van der Waals surface area contributed by atoms with E-state index < -0.39 is 0 Å². The lowest BCUT2D eigenvalue weighted by atomic mass is 10.0. The Morgan fingerprint density at radius 3 is 2.77 bits per heavy atom. The molecule has 1 aromatic carbocycles. The Morgan fingerprint density at radius 1 is 1.18 bits per heavy atom. The van der Waals surface area contributed by atoms with Crippen molar-refractivity contribution in [2.75, 3.05) is 30.3 Å². The number of carbonyl (C=O) groups excluding carboxylic acids is 3. The third kappa shape index (κ3) is 5.74. The Balaban J connectivity index is 1.23. The molecule has 3 aromatic heterocycles. The molecule has 1 aliphatic rings. The van der Waals surface area contributed by atoms with Gasteiger partial charge in [-0.1, -0.05) is 6.07 Å². The summed E-state index contributed by atoms with van der Waals surface area (Å²) in [5.41, 5.74) is 4.17. The van der Waals surface area contributed by atoms with Crippen molar-refractivity contribution in [1.82, 2.24) is 24.4 Å². The molecule has 0 atom stereocenters. The van der Waals surface area contributed by atoms with Gasteiger partial charge in [0.2, 0.25) is 5.89 Å². The van der Waals surface area contributed by atoms with Crippen LogP contribution >= 0.6 is 0 Å². The molecule has 0 aliphatic carbocycles. The van der Waals surface area contributed by atoms with Crippen LogP contribution in [0.4, 0.5) is 22.1 Å². The van der Waals surface area contributed by atoms with Crippen molar-refractivity contribution < 1.29 is 23.6 Å². The molecule has 4 aromatic rings. The predicted octanol–water partition coefficient (Wildman–Crippen LogP) is 4.10. The van der Waals surface area contributed by atoms with E-state index in [9.17, 15) is 14.4 Å². The maximum Gasteiger partial charge on any atom is 0.409 e. The number of nitrogens with one attached hydrogen (secondary N) is 2. The number of aryl methyl sites for hydroxylation is 2. The second-order valence-electron chi connectivity index (χ2n) is 9.47. The molecular formula is C27H29N7O5. The first-order chi connectivity index (χ1) is 18.8. The maximum atomic E-state index is 13.1. The molecular weight excluding hydrogens is 502 g/mol. The summed E-state index contributed by atoms with van der Waals surface area (Å²) < 4.78 is 12.1. The summed E-state index contributed by atoms with van der Waals surface area (Å²) >= 11 is 0. The van der Waals surface area contributed by atoms with E-state index >= 15 is 0 Å². The average molecular weight is 532 g/mol. The van der Waals surface area contributed by atoms with Crippen molar-refractivity contribution in [3.8, 4) is 0 Å². The lowest BCUT2D eigenvalue weighted by molar-refractivity contribution is -0.116. The zero-order valence-corrected chi connectivity index (χ0v) is 21.9. The number of nitrogens with zero attached hydrogens (tertiary/aromatic N) is 5. The fourth-order valence-corrected chi connectivity index (χ4v) is 4.27. The molecule has 2 N–H and O–H groups in total. The minimum Gasteiger partial charge on any atom is -0.450 e. The van der Waals surface area contributed by atoms with Gasteiger partial charge in [0.05, 0.1) is 18.7 Å². The zero-order valence-electron chi connectivity index (χ0n) is 21.9. The first-order valence-corrected chi connectivity index (χ1v) is 12.7. The lowest BCUT2D eigenvalue weighted by Crippen LogP contribution is -2.48. The normalized spacial score (nSPS) is 13.3. The molecule has 12 nitrogen and oxygen atoms in total. The summed E-state index contributed by atoms with van der Waals surface area (Å²) in [4.78, 5) is 46.5. The van der Waals surface area contributed by atoms with E-state index in [1.54, 1.807) is 35.4 Å². The second-order valence-corrected chi connectivity index (χ2v) is 9.47. The Hall–Kier alpha value is -4.74. The number of rotatable bonds is 9. The largest absolute Gasteiger partial charge is 0.450 e. The number of benzene rings is 1. The predicted molar refractivity (Wildman–Crippen MR) is 142 cm³/mol. The van der Waals surface area contributed by atoms with Crippen molar-refractivity contribution in [3.63, 3.8) is 0 Å². The number of anilines is 3.